The van der Waals surface area contributed by atoms with Crippen molar-refractivity contribution in [2.45, 2.75) is 6.42 Å². The molecule has 3 aromatic carbocycles. The summed E-state index contributed by atoms with van der Waals surface area (Å²) >= 11 is 0. The highest BCUT2D eigenvalue weighted by atomic mass is 16.4. The number of nitrogen functional groups attached to an aromatic ring is 1. The average Bonchev–Trinajstić information content (AvgIpc) is 2.61. The number of carboxylic acids is 1. The highest BCUT2D eigenvalue weighted by Crippen LogP contribution is 2.21. The topological polar surface area (TPSA) is 116 Å². The summed E-state index contributed by atoms with van der Waals surface area (Å²) in [6.07, 6.45) is 0.154. The second-order valence-corrected chi connectivity index (χ2v) is 5.92. The minimum Gasteiger partial charge on any atom is -0.478 e. The van der Waals surface area contributed by atoms with E-state index < -0.39 is 5.97 Å². The molecule has 0 radical (unpaired) electrons. The fourth-order valence-corrected chi connectivity index (χ4v) is 2.65. The lowest BCUT2D eigenvalue weighted by atomic mass is 10.1. The second-order valence-electron chi connectivity index (χ2n) is 5.92. The van der Waals surface area contributed by atoms with Crippen LogP contribution in [0.25, 0.3) is 10.8 Å². The highest BCUT2D eigenvalue weighted by Gasteiger charge is 2.07. The molecule has 6 nitrogen and oxygen atoms in total. The fraction of sp³-hybridized carbons (Fsp3) is 0.0500. The Morgan fingerprint density at radius 1 is 0.923 bits per heavy atom. The molecule has 0 heterocycles. The van der Waals surface area contributed by atoms with Crippen molar-refractivity contribution in [2.75, 3.05) is 5.32 Å². The van der Waals surface area contributed by atoms with Gasteiger partial charge in [-0.1, -0.05) is 30.3 Å². The third-order valence-electron chi connectivity index (χ3n) is 4.00. The monoisotopic (exact) mass is 347 g/mol. The number of benzene rings is 3. The van der Waals surface area contributed by atoms with Crippen molar-refractivity contribution in [3.8, 4) is 0 Å². The maximum atomic E-state index is 12.2. The Labute approximate surface area is 149 Å². The number of rotatable bonds is 5. The third-order valence-corrected chi connectivity index (χ3v) is 4.00. The zero-order valence-electron chi connectivity index (χ0n) is 13.8. The van der Waals surface area contributed by atoms with Crippen molar-refractivity contribution in [1.82, 2.24) is 0 Å². The molecule has 0 unspecified atom stereocenters. The van der Waals surface area contributed by atoms with Crippen molar-refractivity contribution < 1.29 is 14.7 Å². The molecular weight excluding hydrogens is 330 g/mol. The van der Waals surface area contributed by atoms with Crippen LogP contribution in [0.4, 0.5) is 5.69 Å². The Kier molecular flexibility index (Phi) is 4.66. The molecule has 0 saturated heterocycles. The van der Waals surface area contributed by atoms with E-state index in [1.165, 1.54) is 12.1 Å². The van der Waals surface area contributed by atoms with Crippen molar-refractivity contribution in [3.05, 3.63) is 77.4 Å². The second kappa shape index (κ2) is 7.06. The molecule has 5 N–H and O–H groups in total. The van der Waals surface area contributed by atoms with Crippen molar-refractivity contribution in [1.29, 1.82) is 5.41 Å². The summed E-state index contributed by atoms with van der Waals surface area (Å²) < 4.78 is 0. The molecule has 130 valence electrons. The van der Waals surface area contributed by atoms with Gasteiger partial charge >= 0.3 is 5.97 Å². The number of carbonyl (C=O) groups excluding carboxylic acids is 1. The number of amidine groups is 1. The van der Waals surface area contributed by atoms with Gasteiger partial charge in [-0.15, -0.1) is 0 Å². The molecule has 0 spiro atoms. The predicted octanol–water partition coefficient (Wildman–Crippen LogP) is 3.00. The number of nitrogens with one attached hydrogen (secondary N) is 2. The van der Waals surface area contributed by atoms with Crippen molar-refractivity contribution >= 4 is 34.2 Å². The normalized spacial score (nSPS) is 10.5. The molecule has 6 heteroatoms. The highest BCUT2D eigenvalue weighted by molar-refractivity contribution is 6.00. The number of aromatic carboxylic acids is 1. The number of amides is 1. The Hall–Kier alpha value is -3.67. The van der Waals surface area contributed by atoms with Gasteiger partial charge in [0, 0.05) is 11.3 Å². The summed E-state index contributed by atoms with van der Waals surface area (Å²) in [5.74, 6) is -1.17. The molecule has 0 saturated carbocycles. The van der Waals surface area contributed by atoms with Crippen LogP contribution < -0.4 is 11.1 Å². The predicted molar refractivity (Wildman–Crippen MR) is 101 cm³/mol. The van der Waals surface area contributed by atoms with Gasteiger partial charge in [0.25, 0.3) is 0 Å². The molecule has 0 bridgehead atoms. The van der Waals surface area contributed by atoms with Gasteiger partial charge in [0.05, 0.1) is 12.0 Å². The molecule has 3 aromatic rings. The number of fused-ring (bicyclic) bond motifs is 1. The fourth-order valence-electron chi connectivity index (χ4n) is 2.65. The molecule has 0 fully saturated rings. The van der Waals surface area contributed by atoms with Crippen LogP contribution in [0.3, 0.4) is 0 Å². The average molecular weight is 347 g/mol. The molecule has 3 rings (SSSR count). The summed E-state index contributed by atoms with van der Waals surface area (Å²) in [5, 5.41) is 21.1. The van der Waals surface area contributed by atoms with Crippen LogP contribution in [0.1, 0.15) is 21.5 Å². The summed E-state index contributed by atoms with van der Waals surface area (Å²) in [6, 6.07) is 17.2. The van der Waals surface area contributed by atoms with Gasteiger partial charge in [-0.3, -0.25) is 10.2 Å². The number of nitrogens with two attached hydrogens (primary N) is 1. The van der Waals surface area contributed by atoms with E-state index >= 15 is 0 Å². The van der Waals surface area contributed by atoms with Crippen LogP contribution in [-0.2, 0) is 11.2 Å². The largest absolute Gasteiger partial charge is 0.478 e. The zero-order chi connectivity index (χ0) is 18.7. The summed E-state index contributed by atoms with van der Waals surface area (Å²) in [4.78, 5) is 23.1. The van der Waals surface area contributed by atoms with Crippen molar-refractivity contribution in [2.24, 2.45) is 5.73 Å². The summed E-state index contributed by atoms with van der Waals surface area (Å²) in [7, 11) is 0. The van der Waals surface area contributed by atoms with Gasteiger partial charge in [0.2, 0.25) is 5.91 Å². The Morgan fingerprint density at radius 2 is 1.54 bits per heavy atom. The van der Waals surface area contributed by atoms with E-state index in [9.17, 15) is 9.59 Å². The van der Waals surface area contributed by atoms with Crippen LogP contribution in [0.5, 0.6) is 0 Å². The first-order chi connectivity index (χ1) is 12.4. The number of anilines is 1. The van der Waals surface area contributed by atoms with Crippen LogP contribution in [0.15, 0.2) is 60.7 Å². The lowest BCUT2D eigenvalue weighted by Gasteiger charge is -2.08. The van der Waals surface area contributed by atoms with Gasteiger partial charge in [0.1, 0.15) is 5.84 Å². The molecule has 0 aliphatic carbocycles. The van der Waals surface area contributed by atoms with E-state index in [1.807, 2.05) is 24.3 Å². The lowest BCUT2D eigenvalue weighted by molar-refractivity contribution is -0.115. The van der Waals surface area contributed by atoms with Crippen molar-refractivity contribution in [3.63, 3.8) is 0 Å². The van der Waals surface area contributed by atoms with Gasteiger partial charge < -0.3 is 16.2 Å². The molecular formula is C20H17N3O3. The molecule has 26 heavy (non-hydrogen) atoms. The lowest BCUT2D eigenvalue weighted by Crippen LogP contribution is -2.14. The SMILES string of the molecule is N=C(N)c1ccc2cc(NC(=O)Cc3ccc(C(=O)O)cc3)ccc2c1. The quantitative estimate of drug-likeness (QED) is 0.419. The van der Waals surface area contributed by atoms with E-state index in [1.54, 1.807) is 24.3 Å². The van der Waals surface area contributed by atoms with Crippen LogP contribution in [-0.4, -0.2) is 22.8 Å². The summed E-state index contributed by atoms with van der Waals surface area (Å²) in [5.41, 5.74) is 7.74. The van der Waals surface area contributed by atoms with Crippen LogP contribution >= 0.6 is 0 Å². The number of hydrogen-bond donors (Lipinski definition) is 4. The zero-order valence-corrected chi connectivity index (χ0v) is 13.8. The molecule has 1 amide bonds. The van der Waals surface area contributed by atoms with E-state index in [-0.39, 0.29) is 23.7 Å². The maximum Gasteiger partial charge on any atom is 0.335 e. The smallest absolute Gasteiger partial charge is 0.335 e. The minimum atomic E-state index is -0.995. The standard InChI is InChI=1S/C20H17N3O3/c21-19(22)16-6-5-15-11-17(8-7-14(15)10-16)23-18(24)9-12-1-3-13(4-2-12)20(25)26/h1-8,10-11H,9H2,(H3,21,22)(H,23,24)(H,25,26). The Bertz CT molecular complexity index is 1010. The first kappa shape index (κ1) is 17.2. The van der Waals surface area contributed by atoms with E-state index in [0.29, 0.717) is 11.3 Å². The summed E-state index contributed by atoms with van der Waals surface area (Å²) in [6.45, 7) is 0. The third kappa shape index (κ3) is 3.87. The molecule has 0 aliphatic rings. The molecule has 0 aromatic heterocycles. The Morgan fingerprint density at radius 3 is 2.19 bits per heavy atom. The first-order valence-corrected chi connectivity index (χ1v) is 7.93. The van der Waals surface area contributed by atoms with Crippen LogP contribution in [0, 0.1) is 5.41 Å². The van der Waals surface area contributed by atoms with E-state index in [4.69, 9.17) is 16.2 Å². The Balaban J connectivity index is 1.71. The minimum absolute atomic E-state index is 0.0122. The van der Waals surface area contributed by atoms with Crippen LogP contribution in [0.2, 0.25) is 0 Å². The number of hydrogen-bond acceptors (Lipinski definition) is 3. The van der Waals surface area contributed by atoms with Gasteiger partial charge in [0.15, 0.2) is 0 Å². The molecule has 0 atom stereocenters. The first-order valence-electron chi connectivity index (χ1n) is 7.93. The maximum absolute atomic E-state index is 12.2. The molecule has 0 aliphatic heterocycles. The van der Waals surface area contributed by atoms with Gasteiger partial charge in [-0.25, -0.2) is 4.79 Å². The van der Waals surface area contributed by atoms with Gasteiger partial charge in [-0.05, 0) is 46.7 Å². The number of carboxylic acid groups (broad SMARTS) is 1. The van der Waals surface area contributed by atoms with Gasteiger partial charge in [-0.2, -0.15) is 0 Å². The van der Waals surface area contributed by atoms with E-state index in [0.717, 1.165) is 16.3 Å². The van der Waals surface area contributed by atoms with E-state index in [2.05, 4.69) is 5.32 Å². The number of carbonyl (C=O) groups is 2.